The second-order valence-electron chi connectivity index (χ2n) is 3.37. The molecule has 0 aliphatic heterocycles. The highest BCUT2D eigenvalue weighted by Crippen LogP contribution is 2.12. The van der Waals surface area contributed by atoms with Crippen LogP contribution >= 0.6 is 0 Å². The lowest BCUT2D eigenvalue weighted by Gasteiger charge is -2.02. The van der Waals surface area contributed by atoms with Gasteiger partial charge < -0.3 is 0 Å². The zero-order valence-electron chi connectivity index (χ0n) is 8.01. The minimum Gasteiger partial charge on any atom is -0.294 e. The zero-order valence-corrected chi connectivity index (χ0v) is 8.01. The lowest BCUT2D eigenvalue weighted by atomic mass is 10.1. The molecule has 0 N–H and O–H groups in total. The van der Waals surface area contributed by atoms with Crippen molar-refractivity contribution >= 4 is 12.1 Å². The Bertz CT molecular complexity index is 475. The Morgan fingerprint density at radius 2 is 2.29 bits per heavy atom. The molecule has 0 aliphatic rings. The van der Waals surface area contributed by atoms with Gasteiger partial charge in [-0.25, -0.2) is 9.50 Å². The average Bonchev–Trinajstić information content (AvgIpc) is 2.58. The van der Waals surface area contributed by atoms with Gasteiger partial charge >= 0.3 is 0 Å². The third kappa shape index (κ3) is 1.37. The van der Waals surface area contributed by atoms with E-state index in [1.165, 1.54) is 4.52 Å². The molecule has 14 heavy (non-hydrogen) atoms. The van der Waals surface area contributed by atoms with E-state index >= 15 is 0 Å². The molecule has 0 fully saturated rings. The maximum absolute atomic E-state index is 10.4. The summed E-state index contributed by atoms with van der Waals surface area (Å²) in [5.41, 5.74) is 1.07. The van der Waals surface area contributed by atoms with Crippen LogP contribution in [0.1, 0.15) is 35.9 Å². The summed E-state index contributed by atoms with van der Waals surface area (Å²) in [7, 11) is 0. The molecule has 2 aromatic rings. The second kappa shape index (κ2) is 3.17. The van der Waals surface area contributed by atoms with Crippen molar-refractivity contribution in [2.45, 2.75) is 19.8 Å². The van der Waals surface area contributed by atoms with Gasteiger partial charge in [0.1, 0.15) is 0 Å². The first-order valence-corrected chi connectivity index (χ1v) is 4.38. The van der Waals surface area contributed by atoms with E-state index in [1.807, 2.05) is 6.20 Å². The molecule has 0 radical (unpaired) electrons. The minimum absolute atomic E-state index is 0.165. The smallest absolute Gasteiger partial charge is 0.252 e. The Morgan fingerprint density at radius 1 is 1.50 bits per heavy atom. The third-order valence-electron chi connectivity index (χ3n) is 2.00. The monoisotopic (exact) mass is 190 g/mol. The number of aldehydes is 1. The van der Waals surface area contributed by atoms with Gasteiger partial charge in [0, 0.05) is 12.4 Å². The number of rotatable bonds is 2. The van der Waals surface area contributed by atoms with Crippen LogP contribution in [-0.4, -0.2) is 25.9 Å². The van der Waals surface area contributed by atoms with Crippen LogP contribution in [0, 0.1) is 0 Å². The second-order valence-corrected chi connectivity index (χ2v) is 3.37. The predicted octanol–water partition coefficient (Wildman–Crippen LogP) is 1.06. The highest BCUT2D eigenvalue weighted by atomic mass is 16.1. The fraction of sp³-hybridized carbons (Fsp3) is 0.333. The van der Waals surface area contributed by atoms with Crippen LogP contribution in [0.2, 0.25) is 0 Å². The molecular weight excluding hydrogens is 180 g/mol. The molecule has 0 saturated heterocycles. The van der Waals surface area contributed by atoms with Gasteiger partial charge in [0.05, 0.1) is 0 Å². The van der Waals surface area contributed by atoms with Crippen molar-refractivity contribution in [1.82, 2.24) is 19.6 Å². The van der Waals surface area contributed by atoms with Gasteiger partial charge in [-0.15, -0.1) is 5.10 Å². The Labute approximate surface area is 80.8 Å². The quantitative estimate of drug-likeness (QED) is 0.664. The highest BCUT2D eigenvalue weighted by Gasteiger charge is 2.05. The molecule has 2 rings (SSSR count). The number of carbonyl (C=O) groups excluding carboxylic acids is 1. The fourth-order valence-electron chi connectivity index (χ4n) is 1.16. The molecule has 0 bridgehead atoms. The summed E-state index contributed by atoms with van der Waals surface area (Å²) in [6.45, 7) is 4.14. The summed E-state index contributed by atoms with van der Waals surface area (Å²) in [6.07, 6.45) is 4.21. The molecule has 0 amide bonds. The lowest BCUT2D eigenvalue weighted by molar-refractivity contribution is 0.111. The van der Waals surface area contributed by atoms with Crippen molar-refractivity contribution in [3.05, 3.63) is 23.8 Å². The first-order valence-electron chi connectivity index (χ1n) is 4.38. The first-order chi connectivity index (χ1) is 6.70. The Hall–Kier alpha value is -1.78. The van der Waals surface area contributed by atoms with Crippen molar-refractivity contribution in [1.29, 1.82) is 0 Å². The molecule has 5 heteroatoms. The summed E-state index contributed by atoms with van der Waals surface area (Å²) in [5.74, 6) is 1.01. The van der Waals surface area contributed by atoms with Gasteiger partial charge in [-0.1, -0.05) is 13.8 Å². The van der Waals surface area contributed by atoms with E-state index in [-0.39, 0.29) is 5.82 Å². The minimum atomic E-state index is 0.165. The Kier molecular flexibility index (Phi) is 1.99. The number of carbonyl (C=O) groups is 1. The third-order valence-corrected chi connectivity index (χ3v) is 2.00. The van der Waals surface area contributed by atoms with Gasteiger partial charge in [-0.05, 0) is 11.5 Å². The van der Waals surface area contributed by atoms with Gasteiger partial charge in [0.15, 0.2) is 6.29 Å². The molecule has 0 spiro atoms. The molecule has 0 atom stereocenters. The van der Waals surface area contributed by atoms with E-state index < -0.39 is 0 Å². The average molecular weight is 190 g/mol. The molecule has 0 unspecified atom stereocenters. The van der Waals surface area contributed by atoms with E-state index in [2.05, 4.69) is 28.9 Å². The van der Waals surface area contributed by atoms with Crippen LogP contribution in [0.5, 0.6) is 0 Å². The van der Waals surface area contributed by atoms with Crippen LogP contribution in [0.3, 0.4) is 0 Å². The molecular formula is C9H10N4O. The number of hydrogen-bond donors (Lipinski definition) is 0. The molecule has 2 heterocycles. The number of hydrogen-bond acceptors (Lipinski definition) is 4. The van der Waals surface area contributed by atoms with E-state index in [4.69, 9.17) is 0 Å². The highest BCUT2D eigenvalue weighted by molar-refractivity contribution is 5.69. The van der Waals surface area contributed by atoms with Crippen LogP contribution in [0.15, 0.2) is 12.4 Å². The molecule has 2 aromatic heterocycles. The summed E-state index contributed by atoms with van der Waals surface area (Å²) < 4.78 is 1.53. The van der Waals surface area contributed by atoms with Gasteiger partial charge in [-0.3, -0.25) is 4.79 Å². The predicted molar refractivity (Wildman–Crippen MR) is 50.3 cm³/mol. The molecule has 0 aliphatic carbocycles. The van der Waals surface area contributed by atoms with E-state index in [9.17, 15) is 4.79 Å². The van der Waals surface area contributed by atoms with Crippen molar-refractivity contribution in [2.75, 3.05) is 0 Å². The number of fused-ring (bicyclic) bond motifs is 1. The maximum Gasteiger partial charge on any atom is 0.252 e. The van der Waals surface area contributed by atoms with Crippen LogP contribution in [0.4, 0.5) is 0 Å². The van der Waals surface area contributed by atoms with Crippen molar-refractivity contribution in [2.24, 2.45) is 0 Å². The van der Waals surface area contributed by atoms with Crippen molar-refractivity contribution in [3.8, 4) is 0 Å². The summed E-state index contributed by atoms with van der Waals surface area (Å²) >= 11 is 0. The lowest BCUT2D eigenvalue weighted by Crippen LogP contribution is -1.96. The van der Waals surface area contributed by atoms with Crippen molar-refractivity contribution in [3.63, 3.8) is 0 Å². The van der Waals surface area contributed by atoms with E-state index in [1.54, 1.807) is 6.20 Å². The van der Waals surface area contributed by atoms with E-state index in [0.717, 1.165) is 5.56 Å². The number of nitrogens with zero attached hydrogens (tertiary/aromatic N) is 4. The number of aromatic nitrogens is 4. The summed E-state index contributed by atoms with van der Waals surface area (Å²) in [5, 5.41) is 3.95. The Morgan fingerprint density at radius 3 is 2.93 bits per heavy atom. The largest absolute Gasteiger partial charge is 0.294 e. The van der Waals surface area contributed by atoms with Gasteiger partial charge in [0.2, 0.25) is 5.82 Å². The van der Waals surface area contributed by atoms with Crippen molar-refractivity contribution < 1.29 is 4.79 Å². The summed E-state index contributed by atoms with van der Waals surface area (Å²) in [6, 6.07) is 0. The topological polar surface area (TPSA) is 60.2 Å². The fourth-order valence-corrected chi connectivity index (χ4v) is 1.16. The van der Waals surface area contributed by atoms with Crippen LogP contribution in [0.25, 0.3) is 5.78 Å². The molecule has 0 saturated carbocycles. The van der Waals surface area contributed by atoms with Gasteiger partial charge in [0.25, 0.3) is 5.78 Å². The first kappa shape index (κ1) is 8.80. The molecule has 5 nitrogen and oxygen atoms in total. The van der Waals surface area contributed by atoms with Crippen LogP contribution < -0.4 is 0 Å². The van der Waals surface area contributed by atoms with E-state index in [0.29, 0.717) is 18.0 Å². The standard InChI is InChI=1S/C9H10N4O/c1-6(2)7-3-10-9-11-8(5-14)12-13(9)4-7/h3-6H,1-2H3. The SMILES string of the molecule is CC(C)c1cnc2nc(C=O)nn2c1. The molecule has 0 aromatic carbocycles. The Balaban J connectivity index is 2.59. The zero-order chi connectivity index (χ0) is 10.1. The molecule has 72 valence electrons. The van der Waals surface area contributed by atoms with Gasteiger partial charge in [-0.2, -0.15) is 4.98 Å². The normalized spacial score (nSPS) is 11.1. The summed E-state index contributed by atoms with van der Waals surface area (Å²) in [4.78, 5) is 18.4. The van der Waals surface area contributed by atoms with Crippen LogP contribution in [-0.2, 0) is 0 Å². The maximum atomic E-state index is 10.4.